The Morgan fingerprint density at radius 3 is 2.75 bits per heavy atom. The number of nitrogens with zero attached hydrogens (tertiary/aromatic N) is 2. The number of unbranched alkanes of at least 4 members (excludes halogenated alkanes) is 1. The van der Waals surface area contributed by atoms with Crippen LogP contribution < -0.4 is 4.90 Å². The smallest absolute Gasteiger partial charge is 0.130 e. The van der Waals surface area contributed by atoms with Gasteiger partial charge >= 0.3 is 0 Å². The number of fused-ring (bicyclic) bond motifs is 1. The van der Waals surface area contributed by atoms with Crippen molar-refractivity contribution < 1.29 is 0 Å². The number of aromatic nitrogens is 1. The topological polar surface area (TPSA) is 16.1 Å². The van der Waals surface area contributed by atoms with Gasteiger partial charge in [-0.15, -0.1) is 11.3 Å². The molecule has 0 saturated carbocycles. The normalized spacial score (nSPS) is 16.8. The minimum absolute atomic E-state index is 0.910. The molecule has 2 aromatic heterocycles. The van der Waals surface area contributed by atoms with Gasteiger partial charge in [0.05, 0.1) is 0 Å². The highest BCUT2D eigenvalue weighted by molar-refractivity contribution is 7.19. The van der Waals surface area contributed by atoms with Crippen LogP contribution in [-0.2, 0) is 0 Å². The Hall–Kier alpha value is -1.87. The van der Waals surface area contributed by atoms with Gasteiger partial charge in [0.1, 0.15) is 10.6 Å². The van der Waals surface area contributed by atoms with Crippen LogP contribution in [0, 0.1) is 5.92 Å². The summed E-state index contributed by atoms with van der Waals surface area (Å²) in [4.78, 5) is 9.95. The van der Waals surface area contributed by atoms with Crippen molar-refractivity contribution >= 4 is 32.9 Å². The molecule has 0 bridgehead atoms. The van der Waals surface area contributed by atoms with E-state index in [0.29, 0.717) is 0 Å². The Morgan fingerprint density at radius 2 is 2.04 bits per heavy atom. The van der Waals surface area contributed by atoms with Gasteiger partial charge in [-0.3, -0.25) is 0 Å². The quantitative estimate of drug-likeness (QED) is 0.428. The Balaban J connectivity index is 1.80. The Bertz CT molecular complexity index is 835. The highest BCUT2D eigenvalue weighted by Crippen LogP contribution is 2.33. The maximum Gasteiger partial charge on any atom is 0.130 e. The van der Waals surface area contributed by atoms with Crippen molar-refractivity contribution in [3.05, 3.63) is 53.5 Å². The fourth-order valence-electron chi connectivity index (χ4n) is 3.88. The lowest BCUT2D eigenvalue weighted by Gasteiger charge is -2.32. The summed E-state index contributed by atoms with van der Waals surface area (Å²) >= 11 is 1.81. The number of piperidine rings is 1. The summed E-state index contributed by atoms with van der Waals surface area (Å²) in [5.74, 6) is 2.06. The molecule has 150 valence electrons. The van der Waals surface area contributed by atoms with Gasteiger partial charge in [0, 0.05) is 23.4 Å². The van der Waals surface area contributed by atoms with Crippen molar-refractivity contribution in [2.24, 2.45) is 5.92 Å². The second kappa shape index (κ2) is 10.6. The van der Waals surface area contributed by atoms with Crippen LogP contribution in [0.3, 0.4) is 0 Å². The average molecular weight is 395 g/mol. The molecule has 28 heavy (non-hydrogen) atoms. The highest BCUT2D eigenvalue weighted by atomic mass is 32.1. The standard InChI is InChI=1S/C25H34N2S/c1-4-7-9-12-21(11-8-5-2)23-19-22-13-14-24(26-25(22)28-23)27-17-15-20(10-6-3)16-18-27/h5,8-9,11-14,19-20H,4,6-7,10,15-18H2,1-3H3/b8-5-,12-9+,21-11+. The van der Waals surface area contributed by atoms with Crippen LogP contribution in [-0.4, -0.2) is 18.1 Å². The van der Waals surface area contributed by atoms with Crippen LogP contribution in [0.2, 0.25) is 0 Å². The first kappa shape index (κ1) is 20.9. The maximum absolute atomic E-state index is 5.02. The van der Waals surface area contributed by atoms with Crippen LogP contribution >= 0.6 is 11.3 Å². The molecule has 1 aliphatic heterocycles. The molecule has 2 aromatic rings. The summed E-state index contributed by atoms with van der Waals surface area (Å²) in [5, 5.41) is 1.25. The van der Waals surface area contributed by atoms with E-state index < -0.39 is 0 Å². The lowest BCUT2D eigenvalue weighted by atomic mass is 9.92. The lowest BCUT2D eigenvalue weighted by molar-refractivity contribution is 0.377. The van der Waals surface area contributed by atoms with E-state index in [2.05, 4.69) is 74.3 Å². The van der Waals surface area contributed by atoms with Gasteiger partial charge in [-0.25, -0.2) is 4.98 Å². The molecule has 1 fully saturated rings. The molecule has 1 aliphatic rings. The van der Waals surface area contributed by atoms with Crippen molar-refractivity contribution in [2.75, 3.05) is 18.0 Å². The third kappa shape index (κ3) is 5.35. The minimum Gasteiger partial charge on any atom is -0.357 e. The Morgan fingerprint density at radius 1 is 1.21 bits per heavy atom. The second-order valence-corrected chi connectivity index (χ2v) is 8.76. The number of pyridine rings is 1. The first-order chi connectivity index (χ1) is 13.7. The van der Waals surface area contributed by atoms with E-state index in [-0.39, 0.29) is 0 Å². The van der Waals surface area contributed by atoms with E-state index in [1.807, 2.05) is 11.3 Å². The van der Waals surface area contributed by atoms with Gasteiger partial charge in [-0.05, 0) is 55.9 Å². The van der Waals surface area contributed by atoms with Gasteiger partial charge in [-0.2, -0.15) is 0 Å². The summed E-state index contributed by atoms with van der Waals surface area (Å²) in [6.07, 6.45) is 18.5. The van der Waals surface area contributed by atoms with Crippen LogP contribution in [0.25, 0.3) is 15.8 Å². The van der Waals surface area contributed by atoms with Gasteiger partial charge < -0.3 is 4.90 Å². The summed E-state index contributed by atoms with van der Waals surface area (Å²) in [5.41, 5.74) is 1.27. The molecule has 0 unspecified atom stereocenters. The lowest BCUT2D eigenvalue weighted by Crippen LogP contribution is -2.34. The number of hydrogen-bond acceptors (Lipinski definition) is 3. The first-order valence-corrected chi connectivity index (χ1v) is 11.7. The van der Waals surface area contributed by atoms with Crippen LogP contribution in [0.5, 0.6) is 0 Å². The number of anilines is 1. The van der Waals surface area contributed by atoms with Gasteiger partial charge in [-0.1, -0.05) is 63.5 Å². The molecule has 3 rings (SSSR count). The van der Waals surface area contributed by atoms with Crippen LogP contribution in [0.4, 0.5) is 5.82 Å². The monoisotopic (exact) mass is 394 g/mol. The van der Waals surface area contributed by atoms with Crippen molar-refractivity contribution in [2.45, 2.75) is 59.3 Å². The molecule has 3 heteroatoms. The zero-order valence-electron chi connectivity index (χ0n) is 17.7. The Labute approximate surface area is 174 Å². The molecule has 3 heterocycles. The fraction of sp³-hybridized carbons (Fsp3) is 0.480. The molecule has 0 aliphatic carbocycles. The molecule has 2 nitrogen and oxygen atoms in total. The second-order valence-electron chi connectivity index (χ2n) is 7.73. The third-order valence-electron chi connectivity index (χ3n) is 5.51. The van der Waals surface area contributed by atoms with Crippen LogP contribution in [0.15, 0.2) is 48.6 Å². The number of hydrogen-bond donors (Lipinski definition) is 0. The van der Waals surface area contributed by atoms with Crippen molar-refractivity contribution in [3.8, 4) is 0 Å². The summed E-state index contributed by atoms with van der Waals surface area (Å²) in [6, 6.07) is 6.75. The fourth-order valence-corrected chi connectivity index (χ4v) is 4.91. The van der Waals surface area contributed by atoms with Crippen LogP contribution in [0.1, 0.15) is 64.2 Å². The van der Waals surface area contributed by atoms with E-state index >= 15 is 0 Å². The average Bonchev–Trinajstić information content (AvgIpc) is 3.14. The molecular weight excluding hydrogens is 360 g/mol. The predicted octanol–water partition coefficient (Wildman–Crippen LogP) is 7.63. The molecule has 0 N–H and O–H groups in total. The number of rotatable bonds is 8. The molecular formula is C25H34N2S. The van der Waals surface area contributed by atoms with Gasteiger partial charge in [0.15, 0.2) is 0 Å². The van der Waals surface area contributed by atoms with Crippen molar-refractivity contribution in [3.63, 3.8) is 0 Å². The molecule has 0 amide bonds. The van der Waals surface area contributed by atoms with E-state index in [9.17, 15) is 0 Å². The van der Waals surface area contributed by atoms with E-state index in [0.717, 1.165) is 36.1 Å². The molecule has 0 aromatic carbocycles. The molecule has 1 saturated heterocycles. The zero-order chi connectivity index (χ0) is 19.8. The van der Waals surface area contributed by atoms with E-state index in [1.165, 1.54) is 47.9 Å². The number of allylic oxidation sites excluding steroid dienone is 6. The molecule has 0 spiro atoms. The van der Waals surface area contributed by atoms with E-state index in [1.54, 1.807) is 0 Å². The van der Waals surface area contributed by atoms with E-state index in [4.69, 9.17) is 4.98 Å². The summed E-state index contributed by atoms with van der Waals surface area (Å²) in [7, 11) is 0. The largest absolute Gasteiger partial charge is 0.357 e. The summed E-state index contributed by atoms with van der Waals surface area (Å²) < 4.78 is 0. The van der Waals surface area contributed by atoms with Gasteiger partial charge in [0.2, 0.25) is 0 Å². The first-order valence-electron chi connectivity index (χ1n) is 10.9. The maximum atomic E-state index is 5.02. The predicted molar refractivity (Wildman–Crippen MR) is 126 cm³/mol. The third-order valence-corrected chi connectivity index (χ3v) is 6.60. The SMILES string of the molecule is C\C=C/C=C(\C=C\CCC)c1cc2ccc(N3CCC(CCC)CC3)nc2s1. The van der Waals surface area contributed by atoms with Crippen molar-refractivity contribution in [1.82, 2.24) is 4.98 Å². The van der Waals surface area contributed by atoms with Crippen molar-refractivity contribution in [1.29, 1.82) is 0 Å². The zero-order valence-corrected chi connectivity index (χ0v) is 18.5. The Kier molecular flexibility index (Phi) is 7.90. The van der Waals surface area contributed by atoms with Gasteiger partial charge in [0.25, 0.3) is 0 Å². The number of thiophene rings is 1. The molecule has 0 radical (unpaired) electrons. The highest BCUT2D eigenvalue weighted by Gasteiger charge is 2.20. The minimum atomic E-state index is 0.910. The summed E-state index contributed by atoms with van der Waals surface area (Å²) in [6.45, 7) is 8.87. The molecule has 0 atom stereocenters.